The van der Waals surface area contributed by atoms with Crippen molar-refractivity contribution >= 4 is 5.91 Å². The SMILES string of the molecule is COc1cccc(C(=O)N(C2CCN(C)CC2)C2C=CNN2)c1. The molecule has 6 heteroatoms. The summed E-state index contributed by atoms with van der Waals surface area (Å²) < 4.78 is 5.25. The molecule has 1 amide bonds. The Bertz CT molecular complexity index is 582. The third kappa shape index (κ3) is 3.48. The Kier molecular flexibility index (Phi) is 4.83. The van der Waals surface area contributed by atoms with Crippen LogP contribution in [-0.2, 0) is 0 Å². The Morgan fingerprint density at radius 2 is 2.13 bits per heavy atom. The van der Waals surface area contributed by atoms with E-state index in [4.69, 9.17) is 4.74 Å². The molecular formula is C17H24N4O2. The first kappa shape index (κ1) is 15.8. The molecule has 0 radical (unpaired) electrons. The summed E-state index contributed by atoms with van der Waals surface area (Å²) in [6, 6.07) is 7.59. The molecule has 0 aliphatic carbocycles. The number of carbonyl (C=O) groups excluding carboxylic acids is 1. The van der Waals surface area contributed by atoms with E-state index in [1.54, 1.807) is 13.2 Å². The van der Waals surface area contributed by atoms with Crippen LogP contribution in [-0.4, -0.2) is 55.2 Å². The molecule has 1 saturated heterocycles. The number of hydrogen-bond donors (Lipinski definition) is 2. The van der Waals surface area contributed by atoms with Gasteiger partial charge in [-0.05, 0) is 57.3 Å². The summed E-state index contributed by atoms with van der Waals surface area (Å²) >= 11 is 0. The predicted octanol–water partition coefficient (Wildman–Crippen LogP) is 1.18. The van der Waals surface area contributed by atoms with E-state index in [-0.39, 0.29) is 18.1 Å². The number of carbonyl (C=O) groups is 1. The van der Waals surface area contributed by atoms with Crippen LogP contribution in [0.25, 0.3) is 0 Å². The zero-order valence-corrected chi connectivity index (χ0v) is 13.7. The van der Waals surface area contributed by atoms with Gasteiger partial charge >= 0.3 is 0 Å². The number of hydrogen-bond acceptors (Lipinski definition) is 5. The minimum atomic E-state index is -0.123. The van der Waals surface area contributed by atoms with Crippen molar-refractivity contribution in [1.29, 1.82) is 0 Å². The van der Waals surface area contributed by atoms with Crippen molar-refractivity contribution in [2.75, 3.05) is 27.2 Å². The van der Waals surface area contributed by atoms with Crippen LogP contribution < -0.4 is 15.6 Å². The monoisotopic (exact) mass is 316 g/mol. The second-order valence-corrected chi connectivity index (χ2v) is 6.07. The van der Waals surface area contributed by atoms with Crippen molar-refractivity contribution in [3.8, 4) is 5.75 Å². The van der Waals surface area contributed by atoms with Gasteiger partial charge in [-0.25, -0.2) is 5.43 Å². The molecule has 23 heavy (non-hydrogen) atoms. The molecule has 2 aliphatic heterocycles. The molecule has 1 atom stereocenters. The number of likely N-dealkylation sites (tertiary alicyclic amines) is 1. The summed E-state index contributed by atoms with van der Waals surface area (Å²) in [5.74, 6) is 0.733. The number of amides is 1. The molecule has 1 aromatic carbocycles. The summed E-state index contributed by atoms with van der Waals surface area (Å²) in [6.45, 7) is 2.02. The molecule has 0 aromatic heterocycles. The van der Waals surface area contributed by atoms with Crippen molar-refractivity contribution in [1.82, 2.24) is 20.7 Å². The fourth-order valence-corrected chi connectivity index (χ4v) is 3.18. The van der Waals surface area contributed by atoms with Gasteiger partial charge < -0.3 is 20.0 Å². The van der Waals surface area contributed by atoms with Crippen LogP contribution in [0.15, 0.2) is 36.5 Å². The highest BCUT2D eigenvalue weighted by Crippen LogP contribution is 2.23. The lowest BCUT2D eigenvalue weighted by atomic mass is 10.0. The zero-order chi connectivity index (χ0) is 16.2. The van der Waals surface area contributed by atoms with Gasteiger partial charge in [0.05, 0.1) is 7.11 Å². The molecule has 0 saturated carbocycles. The number of methoxy groups -OCH3 is 1. The number of benzene rings is 1. The van der Waals surface area contributed by atoms with E-state index in [0.717, 1.165) is 25.9 Å². The summed E-state index contributed by atoms with van der Waals surface area (Å²) in [5, 5.41) is 0. The van der Waals surface area contributed by atoms with Crippen LogP contribution >= 0.6 is 0 Å². The minimum absolute atomic E-state index is 0.0318. The van der Waals surface area contributed by atoms with Crippen molar-refractivity contribution < 1.29 is 9.53 Å². The van der Waals surface area contributed by atoms with E-state index in [0.29, 0.717) is 11.3 Å². The maximum atomic E-state index is 13.1. The molecule has 124 valence electrons. The fraction of sp³-hybridized carbons (Fsp3) is 0.471. The second-order valence-electron chi connectivity index (χ2n) is 6.07. The van der Waals surface area contributed by atoms with Gasteiger partial charge in [0.1, 0.15) is 11.9 Å². The lowest BCUT2D eigenvalue weighted by Crippen LogP contribution is -2.55. The quantitative estimate of drug-likeness (QED) is 0.873. The number of piperidine rings is 1. The van der Waals surface area contributed by atoms with Crippen LogP contribution in [0.4, 0.5) is 0 Å². The largest absolute Gasteiger partial charge is 0.497 e. The summed E-state index contributed by atoms with van der Waals surface area (Å²) in [5.41, 5.74) is 6.77. The Morgan fingerprint density at radius 3 is 2.78 bits per heavy atom. The van der Waals surface area contributed by atoms with Crippen LogP contribution in [0.5, 0.6) is 5.75 Å². The third-order valence-corrected chi connectivity index (χ3v) is 4.53. The Balaban J connectivity index is 1.84. The normalized spacial score (nSPS) is 21.9. The minimum Gasteiger partial charge on any atom is -0.497 e. The third-order valence-electron chi connectivity index (χ3n) is 4.53. The van der Waals surface area contributed by atoms with Gasteiger partial charge in [0.25, 0.3) is 5.91 Å². The van der Waals surface area contributed by atoms with E-state index in [1.807, 2.05) is 35.4 Å². The number of nitrogens with zero attached hydrogens (tertiary/aromatic N) is 2. The number of hydrazine groups is 1. The zero-order valence-electron chi connectivity index (χ0n) is 13.7. The predicted molar refractivity (Wildman–Crippen MR) is 88.9 cm³/mol. The summed E-state index contributed by atoms with van der Waals surface area (Å²) in [6.07, 6.45) is 5.67. The van der Waals surface area contributed by atoms with Crippen LogP contribution in [0.3, 0.4) is 0 Å². The number of rotatable bonds is 4. The van der Waals surface area contributed by atoms with E-state index < -0.39 is 0 Å². The Morgan fingerprint density at radius 1 is 1.35 bits per heavy atom. The van der Waals surface area contributed by atoms with E-state index in [1.165, 1.54) is 0 Å². The molecule has 0 bridgehead atoms. The maximum absolute atomic E-state index is 13.1. The highest BCUT2D eigenvalue weighted by atomic mass is 16.5. The summed E-state index contributed by atoms with van der Waals surface area (Å²) in [7, 11) is 3.74. The molecule has 0 spiro atoms. The maximum Gasteiger partial charge on any atom is 0.255 e. The number of ether oxygens (including phenoxy) is 1. The highest BCUT2D eigenvalue weighted by molar-refractivity contribution is 5.95. The molecule has 1 unspecified atom stereocenters. The molecule has 2 heterocycles. The lowest BCUT2D eigenvalue weighted by Gasteiger charge is -2.40. The topological polar surface area (TPSA) is 56.8 Å². The van der Waals surface area contributed by atoms with Crippen LogP contribution in [0, 0.1) is 0 Å². The van der Waals surface area contributed by atoms with Gasteiger partial charge in [0.15, 0.2) is 0 Å². The van der Waals surface area contributed by atoms with Crippen LogP contribution in [0.2, 0.25) is 0 Å². The first-order valence-corrected chi connectivity index (χ1v) is 8.02. The van der Waals surface area contributed by atoms with E-state index >= 15 is 0 Å². The summed E-state index contributed by atoms with van der Waals surface area (Å²) in [4.78, 5) is 17.4. The standard InChI is InChI=1S/C17H24N4O2/c1-20-10-7-14(8-11-20)21(16-6-9-18-19-16)17(22)13-4-3-5-15(12-13)23-2/h3-6,9,12,14,16,18-19H,7-8,10-11H2,1-2H3. The number of nitrogens with one attached hydrogen (secondary N) is 2. The molecule has 3 rings (SSSR count). The van der Waals surface area contributed by atoms with Gasteiger partial charge in [-0.1, -0.05) is 6.07 Å². The van der Waals surface area contributed by atoms with Crippen molar-refractivity contribution in [2.24, 2.45) is 0 Å². The average Bonchev–Trinajstić information content (AvgIpc) is 3.11. The molecular weight excluding hydrogens is 292 g/mol. The fourth-order valence-electron chi connectivity index (χ4n) is 3.18. The van der Waals surface area contributed by atoms with Gasteiger partial charge in [-0.3, -0.25) is 4.79 Å². The molecule has 6 nitrogen and oxygen atoms in total. The van der Waals surface area contributed by atoms with Gasteiger partial charge in [-0.2, -0.15) is 0 Å². The molecule has 1 fully saturated rings. The van der Waals surface area contributed by atoms with Gasteiger partial charge in [-0.15, -0.1) is 0 Å². The van der Waals surface area contributed by atoms with Crippen molar-refractivity contribution in [3.63, 3.8) is 0 Å². The van der Waals surface area contributed by atoms with E-state index in [2.05, 4.69) is 22.8 Å². The first-order chi connectivity index (χ1) is 11.2. The highest BCUT2D eigenvalue weighted by Gasteiger charge is 2.33. The average molecular weight is 316 g/mol. The Hall–Kier alpha value is -2.05. The van der Waals surface area contributed by atoms with E-state index in [9.17, 15) is 4.79 Å². The molecule has 1 aromatic rings. The first-order valence-electron chi connectivity index (χ1n) is 8.02. The Labute approximate surface area is 137 Å². The van der Waals surface area contributed by atoms with Gasteiger partial charge in [0.2, 0.25) is 0 Å². The molecule has 2 aliphatic rings. The van der Waals surface area contributed by atoms with Crippen molar-refractivity contribution in [3.05, 3.63) is 42.1 Å². The van der Waals surface area contributed by atoms with Gasteiger partial charge in [0, 0.05) is 17.8 Å². The smallest absolute Gasteiger partial charge is 0.255 e. The lowest BCUT2D eigenvalue weighted by molar-refractivity contribution is 0.0477. The molecule has 2 N–H and O–H groups in total. The van der Waals surface area contributed by atoms with Crippen LogP contribution in [0.1, 0.15) is 23.2 Å². The second kappa shape index (κ2) is 7.02. The van der Waals surface area contributed by atoms with Crippen molar-refractivity contribution in [2.45, 2.75) is 25.0 Å².